The summed E-state index contributed by atoms with van der Waals surface area (Å²) < 4.78 is 0. The molecule has 0 atom stereocenters. The number of carbonyl (C=O) groups is 1. The normalized spacial score (nSPS) is 18.1. The Balaban J connectivity index is 2.44. The second-order valence-corrected chi connectivity index (χ2v) is 4.39. The summed E-state index contributed by atoms with van der Waals surface area (Å²) in [6, 6.07) is 3.37. The van der Waals surface area contributed by atoms with E-state index in [-0.39, 0.29) is 0 Å². The number of carbonyl (C=O) groups excluding carboxylic acids is 2. The van der Waals surface area contributed by atoms with Gasteiger partial charge in [0.2, 0.25) is 6.08 Å². The molecule has 1 heterocycles. The molecule has 0 spiro atoms. The Kier molecular flexibility index (Phi) is 3.45. The number of isocyanates is 1. The molecule has 1 aliphatic rings. The highest BCUT2D eigenvalue weighted by molar-refractivity contribution is 5.74. The molecule has 1 aliphatic carbocycles. The zero-order chi connectivity index (χ0) is 12.1. The van der Waals surface area contributed by atoms with Crippen molar-refractivity contribution >= 4 is 12.4 Å². The van der Waals surface area contributed by atoms with E-state index in [1.165, 1.54) is 0 Å². The molecular weight excluding hydrogens is 216 g/mol. The summed E-state index contributed by atoms with van der Waals surface area (Å²) in [4.78, 5) is 29.6. The minimum Gasteiger partial charge on any atom is -0.298 e. The van der Waals surface area contributed by atoms with Crippen LogP contribution in [0.25, 0.3) is 0 Å². The van der Waals surface area contributed by atoms with Crippen molar-refractivity contribution in [3.8, 4) is 0 Å². The number of hydrogen-bond acceptors (Lipinski definition) is 4. The van der Waals surface area contributed by atoms with Gasteiger partial charge in [0.1, 0.15) is 11.8 Å². The lowest BCUT2D eigenvalue weighted by atomic mass is 9.79. The van der Waals surface area contributed by atoms with Crippen molar-refractivity contribution in [2.45, 2.75) is 37.6 Å². The summed E-state index contributed by atoms with van der Waals surface area (Å²) in [5.74, 6) is 0. The molecule has 0 N–H and O–H groups in total. The van der Waals surface area contributed by atoms with E-state index in [1.54, 1.807) is 24.4 Å². The first-order valence-electron chi connectivity index (χ1n) is 5.81. The van der Waals surface area contributed by atoms with Crippen molar-refractivity contribution in [3.05, 3.63) is 29.6 Å². The molecule has 1 aromatic rings. The van der Waals surface area contributed by atoms with Crippen LogP contribution in [0.4, 0.5) is 0 Å². The number of aldehydes is 1. The number of aliphatic imine (C=N–C) groups is 1. The van der Waals surface area contributed by atoms with E-state index in [1.807, 2.05) is 0 Å². The first-order valence-corrected chi connectivity index (χ1v) is 5.81. The molecule has 0 amide bonds. The lowest BCUT2D eigenvalue weighted by molar-refractivity contribution is 0.112. The van der Waals surface area contributed by atoms with Gasteiger partial charge in [-0.2, -0.15) is 4.99 Å². The molecule has 0 bridgehead atoms. The fourth-order valence-electron chi connectivity index (χ4n) is 2.42. The van der Waals surface area contributed by atoms with E-state index in [4.69, 9.17) is 0 Å². The van der Waals surface area contributed by atoms with Gasteiger partial charge in [0.25, 0.3) is 0 Å². The SMILES string of the molecule is O=C=NC1(c2cc(C=O)ccn2)CCCCC1. The van der Waals surface area contributed by atoms with E-state index in [0.29, 0.717) is 11.3 Å². The molecule has 17 heavy (non-hydrogen) atoms. The predicted octanol–water partition coefficient (Wildman–Crippen LogP) is 2.39. The summed E-state index contributed by atoms with van der Waals surface area (Å²) >= 11 is 0. The highest BCUT2D eigenvalue weighted by Crippen LogP contribution is 2.39. The lowest BCUT2D eigenvalue weighted by Crippen LogP contribution is -2.28. The van der Waals surface area contributed by atoms with Crippen molar-refractivity contribution in [2.24, 2.45) is 4.99 Å². The molecule has 2 rings (SSSR count). The van der Waals surface area contributed by atoms with Crippen molar-refractivity contribution in [3.63, 3.8) is 0 Å². The lowest BCUT2D eigenvalue weighted by Gasteiger charge is -2.31. The summed E-state index contributed by atoms with van der Waals surface area (Å²) in [5.41, 5.74) is 0.727. The first-order chi connectivity index (χ1) is 8.30. The zero-order valence-corrected chi connectivity index (χ0v) is 9.56. The number of aromatic nitrogens is 1. The standard InChI is InChI=1S/C13H14N2O2/c16-9-11-4-7-14-12(8-11)13(15-10-17)5-2-1-3-6-13/h4,7-9H,1-3,5-6H2. The van der Waals surface area contributed by atoms with Crippen LogP contribution in [0.5, 0.6) is 0 Å². The average Bonchev–Trinajstić information content (AvgIpc) is 2.40. The van der Waals surface area contributed by atoms with Crippen molar-refractivity contribution in [1.82, 2.24) is 4.98 Å². The van der Waals surface area contributed by atoms with Gasteiger partial charge in [-0.15, -0.1) is 0 Å². The van der Waals surface area contributed by atoms with Crippen LogP contribution < -0.4 is 0 Å². The van der Waals surface area contributed by atoms with Crippen LogP contribution in [0.15, 0.2) is 23.3 Å². The van der Waals surface area contributed by atoms with E-state index in [2.05, 4.69) is 9.98 Å². The van der Waals surface area contributed by atoms with Crippen molar-refractivity contribution in [2.75, 3.05) is 0 Å². The maximum Gasteiger partial charge on any atom is 0.235 e. The Morgan fingerprint density at radius 2 is 2.12 bits per heavy atom. The van der Waals surface area contributed by atoms with Gasteiger partial charge in [-0.05, 0) is 25.0 Å². The number of rotatable bonds is 3. The van der Waals surface area contributed by atoms with Crippen molar-refractivity contribution in [1.29, 1.82) is 0 Å². The maximum atomic E-state index is 10.8. The third-order valence-corrected chi connectivity index (χ3v) is 3.34. The fourth-order valence-corrected chi connectivity index (χ4v) is 2.42. The minimum atomic E-state index is -0.557. The second-order valence-electron chi connectivity index (χ2n) is 4.39. The number of hydrogen-bond donors (Lipinski definition) is 0. The smallest absolute Gasteiger partial charge is 0.235 e. The van der Waals surface area contributed by atoms with Crippen LogP contribution in [0, 0.1) is 0 Å². The molecule has 0 radical (unpaired) electrons. The van der Waals surface area contributed by atoms with E-state index in [9.17, 15) is 9.59 Å². The molecule has 4 nitrogen and oxygen atoms in total. The molecule has 88 valence electrons. The monoisotopic (exact) mass is 230 g/mol. The van der Waals surface area contributed by atoms with Crippen LogP contribution in [-0.4, -0.2) is 17.4 Å². The van der Waals surface area contributed by atoms with Gasteiger partial charge < -0.3 is 0 Å². The third-order valence-electron chi connectivity index (χ3n) is 3.34. The largest absolute Gasteiger partial charge is 0.298 e. The summed E-state index contributed by atoms with van der Waals surface area (Å²) in [5, 5.41) is 0. The number of pyridine rings is 1. The van der Waals surface area contributed by atoms with Gasteiger partial charge in [0.15, 0.2) is 0 Å². The molecule has 4 heteroatoms. The van der Waals surface area contributed by atoms with Gasteiger partial charge in [0.05, 0.1) is 5.69 Å². The Labute approximate surface area is 99.8 Å². The Morgan fingerprint density at radius 1 is 1.35 bits per heavy atom. The van der Waals surface area contributed by atoms with E-state index >= 15 is 0 Å². The Hall–Kier alpha value is -1.80. The Bertz CT molecular complexity index is 458. The predicted molar refractivity (Wildman–Crippen MR) is 62.5 cm³/mol. The summed E-state index contributed by atoms with van der Waals surface area (Å²) in [6.07, 6.45) is 8.85. The van der Waals surface area contributed by atoms with Crippen LogP contribution in [-0.2, 0) is 10.3 Å². The van der Waals surface area contributed by atoms with Crippen molar-refractivity contribution < 1.29 is 9.59 Å². The fraction of sp³-hybridized carbons (Fsp3) is 0.462. The third kappa shape index (κ3) is 2.32. The molecule has 0 unspecified atom stereocenters. The highest BCUT2D eigenvalue weighted by Gasteiger charge is 2.35. The second kappa shape index (κ2) is 5.02. The minimum absolute atomic E-state index is 0.557. The van der Waals surface area contributed by atoms with Gasteiger partial charge >= 0.3 is 0 Å². The average molecular weight is 230 g/mol. The van der Waals surface area contributed by atoms with Crippen LogP contribution in [0.1, 0.15) is 48.2 Å². The van der Waals surface area contributed by atoms with Gasteiger partial charge in [-0.3, -0.25) is 9.78 Å². The molecule has 1 saturated carbocycles. The van der Waals surface area contributed by atoms with Gasteiger partial charge in [0, 0.05) is 11.8 Å². The summed E-state index contributed by atoms with van der Waals surface area (Å²) in [6.45, 7) is 0. The Morgan fingerprint density at radius 3 is 2.76 bits per heavy atom. The van der Waals surface area contributed by atoms with Gasteiger partial charge in [-0.25, -0.2) is 4.79 Å². The van der Waals surface area contributed by atoms with E-state index in [0.717, 1.165) is 38.4 Å². The summed E-state index contributed by atoms with van der Waals surface area (Å²) in [7, 11) is 0. The van der Waals surface area contributed by atoms with Crippen LogP contribution >= 0.6 is 0 Å². The van der Waals surface area contributed by atoms with Gasteiger partial charge in [-0.1, -0.05) is 19.3 Å². The molecule has 0 saturated heterocycles. The topological polar surface area (TPSA) is 59.4 Å². The molecule has 0 aliphatic heterocycles. The molecule has 1 aromatic heterocycles. The molecule has 1 fully saturated rings. The van der Waals surface area contributed by atoms with E-state index < -0.39 is 5.54 Å². The maximum absolute atomic E-state index is 10.8. The molecule has 0 aromatic carbocycles. The molecular formula is C13H14N2O2. The first kappa shape index (κ1) is 11.7. The number of nitrogens with zero attached hydrogens (tertiary/aromatic N) is 2. The quantitative estimate of drug-likeness (QED) is 0.455. The van der Waals surface area contributed by atoms with Crippen LogP contribution in [0.3, 0.4) is 0 Å². The van der Waals surface area contributed by atoms with Crippen LogP contribution in [0.2, 0.25) is 0 Å². The zero-order valence-electron chi connectivity index (χ0n) is 9.56. The highest BCUT2D eigenvalue weighted by atomic mass is 16.1.